The molecule has 1 fully saturated rings. The Morgan fingerprint density at radius 1 is 1.24 bits per heavy atom. The summed E-state index contributed by atoms with van der Waals surface area (Å²) in [7, 11) is 0. The second-order valence-corrected chi connectivity index (χ2v) is 8.33. The van der Waals surface area contributed by atoms with Gasteiger partial charge in [0.15, 0.2) is 0 Å². The van der Waals surface area contributed by atoms with Gasteiger partial charge in [0.05, 0.1) is 11.9 Å². The topological polar surface area (TPSA) is 85.9 Å². The highest BCUT2D eigenvalue weighted by Crippen LogP contribution is 2.24. The summed E-state index contributed by atoms with van der Waals surface area (Å²) in [5.74, 6) is 1.21. The van der Waals surface area contributed by atoms with E-state index in [9.17, 15) is 4.79 Å². The fourth-order valence-electron chi connectivity index (χ4n) is 3.79. The van der Waals surface area contributed by atoms with Gasteiger partial charge in [-0.05, 0) is 36.6 Å². The zero-order valence-corrected chi connectivity index (χ0v) is 17.5. The van der Waals surface area contributed by atoms with E-state index in [2.05, 4.69) is 32.5 Å². The van der Waals surface area contributed by atoms with Crippen LogP contribution in [-0.2, 0) is 4.79 Å². The highest BCUT2D eigenvalue weighted by atomic mass is 35.5. The first-order valence-electron chi connectivity index (χ1n) is 9.50. The molecule has 0 unspecified atom stereocenters. The number of fused-ring (bicyclic) bond motifs is 1. The second-order valence-electron chi connectivity index (χ2n) is 7.45. The minimum atomic E-state index is 0.0360. The van der Waals surface area contributed by atoms with Gasteiger partial charge in [-0.1, -0.05) is 30.1 Å². The monoisotopic (exact) mass is 432 g/mol. The molecule has 9 heteroatoms. The summed E-state index contributed by atoms with van der Waals surface area (Å²) >= 11 is 12.0. The van der Waals surface area contributed by atoms with Crippen LogP contribution < -0.4 is 10.6 Å². The number of piperidine rings is 1. The first-order chi connectivity index (χ1) is 14.0. The third-order valence-electron chi connectivity index (χ3n) is 5.01. The van der Waals surface area contributed by atoms with Crippen LogP contribution in [0.15, 0.2) is 36.8 Å². The number of rotatable bonds is 5. The number of aromatic amines is 1. The molecule has 3 N–H and O–H groups in total. The van der Waals surface area contributed by atoms with Crippen molar-refractivity contribution in [1.82, 2.24) is 19.9 Å². The lowest BCUT2D eigenvalue weighted by atomic mass is 9.95. The minimum Gasteiger partial charge on any atom is -0.376 e. The van der Waals surface area contributed by atoms with Crippen molar-refractivity contribution >= 4 is 51.6 Å². The average Bonchev–Trinajstić information content (AvgIpc) is 3.15. The van der Waals surface area contributed by atoms with E-state index in [0.717, 1.165) is 35.5 Å². The summed E-state index contributed by atoms with van der Waals surface area (Å²) in [6.45, 7) is 3.70. The van der Waals surface area contributed by atoms with Crippen LogP contribution >= 0.6 is 23.2 Å². The largest absolute Gasteiger partial charge is 0.376 e. The second kappa shape index (κ2) is 8.47. The number of halogens is 2. The zero-order valence-electron chi connectivity index (χ0n) is 16.0. The highest BCUT2D eigenvalue weighted by Gasteiger charge is 2.28. The molecule has 0 aliphatic carbocycles. The van der Waals surface area contributed by atoms with Crippen molar-refractivity contribution in [2.45, 2.75) is 19.4 Å². The standard InChI is InChI=1S/C20H22Cl2N6O/c1-12-4-16(27-20-17-2-3-23-19(17)25-11-26-20)10-28(9-12)18(29)8-24-15-6-13(21)5-14(22)7-15/h2-3,5-7,11-12,16,24H,4,8-10H2,1H3,(H2,23,25,26,27)/t12-,16+/m1/s1. The molecule has 3 heterocycles. The lowest BCUT2D eigenvalue weighted by molar-refractivity contribution is -0.131. The summed E-state index contributed by atoms with van der Waals surface area (Å²) in [5.41, 5.74) is 1.52. The van der Waals surface area contributed by atoms with Crippen molar-refractivity contribution in [3.8, 4) is 0 Å². The van der Waals surface area contributed by atoms with E-state index in [1.807, 2.05) is 17.2 Å². The zero-order chi connectivity index (χ0) is 20.4. The van der Waals surface area contributed by atoms with E-state index < -0.39 is 0 Å². The van der Waals surface area contributed by atoms with Crippen molar-refractivity contribution < 1.29 is 4.79 Å². The first kappa shape index (κ1) is 19.8. The molecule has 0 radical (unpaired) electrons. The van der Waals surface area contributed by atoms with Gasteiger partial charge in [0.1, 0.15) is 17.8 Å². The van der Waals surface area contributed by atoms with Crippen LogP contribution in [0.4, 0.5) is 11.5 Å². The molecular weight excluding hydrogens is 411 g/mol. The maximum Gasteiger partial charge on any atom is 0.241 e. The van der Waals surface area contributed by atoms with Crippen LogP contribution in [0.1, 0.15) is 13.3 Å². The van der Waals surface area contributed by atoms with Crippen molar-refractivity contribution in [2.24, 2.45) is 5.92 Å². The molecule has 152 valence electrons. The van der Waals surface area contributed by atoms with Gasteiger partial charge in [0, 0.05) is 41.1 Å². The highest BCUT2D eigenvalue weighted by molar-refractivity contribution is 6.35. The number of hydrogen-bond acceptors (Lipinski definition) is 5. The first-order valence-corrected chi connectivity index (χ1v) is 10.3. The Hall–Kier alpha value is -2.51. The fourth-order valence-corrected chi connectivity index (χ4v) is 4.31. The van der Waals surface area contributed by atoms with Crippen LogP contribution in [0.3, 0.4) is 0 Å². The van der Waals surface area contributed by atoms with E-state index in [0.29, 0.717) is 22.5 Å². The number of nitrogens with one attached hydrogen (secondary N) is 3. The molecule has 7 nitrogen and oxygen atoms in total. The Balaban J connectivity index is 1.40. The van der Waals surface area contributed by atoms with Gasteiger partial charge in [-0.2, -0.15) is 0 Å². The Labute approximate surface area is 178 Å². The molecule has 1 aromatic carbocycles. The number of benzene rings is 1. The number of likely N-dealkylation sites (tertiary alicyclic amines) is 1. The number of amides is 1. The Kier molecular flexibility index (Phi) is 5.78. The number of carbonyl (C=O) groups is 1. The summed E-state index contributed by atoms with van der Waals surface area (Å²) < 4.78 is 0. The van der Waals surface area contributed by atoms with Crippen LogP contribution in [0.25, 0.3) is 11.0 Å². The number of H-pyrrole nitrogens is 1. The number of anilines is 2. The predicted molar refractivity (Wildman–Crippen MR) is 117 cm³/mol. The van der Waals surface area contributed by atoms with Crippen molar-refractivity contribution in [1.29, 1.82) is 0 Å². The van der Waals surface area contributed by atoms with E-state index in [-0.39, 0.29) is 18.5 Å². The molecule has 1 amide bonds. The third-order valence-corrected chi connectivity index (χ3v) is 5.45. The Morgan fingerprint density at radius 2 is 2.03 bits per heavy atom. The quantitative estimate of drug-likeness (QED) is 0.566. The van der Waals surface area contributed by atoms with Gasteiger partial charge in [-0.15, -0.1) is 0 Å². The molecule has 4 rings (SSSR count). The summed E-state index contributed by atoms with van der Waals surface area (Å²) in [4.78, 5) is 26.4. The van der Waals surface area contributed by atoms with Gasteiger partial charge >= 0.3 is 0 Å². The van der Waals surface area contributed by atoms with Gasteiger partial charge in [0.25, 0.3) is 0 Å². The van der Waals surface area contributed by atoms with Gasteiger partial charge in [0.2, 0.25) is 5.91 Å². The normalized spacial score (nSPS) is 19.3. The smallest absolute Gasteiger partial charge is 0.241 e. The molecule has 1 aliphatic heterocycles. The number of nitrogens with zero attached hydrogens (tertiary/aromatic N) is 3. The number of carbonyl (C=O) groups excluding carboxylic acids is 1. The van der Waals surface area contributed by atoms with E-state index >= 15 is 0 Å². The van der Waals surface area contributed by atoms with Crippen molar-refractivity contribution in [2.75, 3.05) is 30.3 Å². The molecule has 2 atom stereocenters. The Morgan fingerprint density at radius 3 is 2.83 bits per heavy atom. The van der Waals surface area contributed by atoms with Crippen molar-refractivity contribution in [3.05, 3.63) is 46.8 Å². The Bertz CT molecular complexity index is 1000. The molecule has 0 bridgehead atoms. The average molecular weight is 433 g/mol. The molecule has 1 saturated heterocycles. The van der Waals surface area contributed by atoms with Crippen LogP contribution in [-0.4, -0.2) is 51.4 Å². The van der Waals surface area contributed by atoms with Crippen LogP contribution in [0, 0.1) is 5.92 Å². The molecule has 0 saturated carbocycles. The summed E-state index contributed by atoms with van der Waals surface area (Å²) in [5, 5.41) is 8.62. The SMILES string of the molecule is C[C@@H]1C[C@H](Nc2ncnc3[nH]ccc23)CN(C(=O)CNc2cc(Cl)cc(Cl)c2)C1. The third kappa shape index (κ3) is 4.74. The minimum absolute atomic E-state index is 0.0360. The van der Waals surface area contributed by atoms with E-state index in [4.69, 9.17) is 23.2 Å². The van der Waals surface area contributed by atoms with Gasteiger partial charge in [-0.3, -0.25) is 4.79 Å². The maximum atomic E-state index is 12.8. The molecule has 1 aliphatic rings. The molecule has 0 spiro atoms. The van der Waals surface area contributed by atoms with Crippen molar-refractivity contribution in [3.63, 3.8) is 0 Å². The number of hydrogen-bond donors (Lipinski definition) is 3. The number of aromatic nitrogens is 3. The lowest BCUT2D eigenvalue weighted by Gasteiger charge is -2.37. The lowest BCUT2D eigenvalue weighted by Crippen LogP contribution is -2.49. The van der Waals surface area contributed by atoms with Crippen LogP contribution in [0.5, 0.6) is 0 Å². The van der Waals surface area contributed by atoms with Gasteiger partial charge in [-0.25, -0.2) is 9.97 Å². The molecule has 29 heavy (non-hydrogen) atoms. The molecular formula is C20H22Cl2N6O. The summed E-state index contributed by atoms with van der Waals surface area (Å²) in [6.07, 6.45) is 4.35. The van der Waals surface area contributed by atoms with Gasteiger partial charge < -0.3 is 20.5 Å². The predicted octanol–water partition coefficient (Wildman–Crippen LogP) is 4.03. The maximum absolute atomic E-state index is 12.8. The fraction of sp³-hybridized carbons (Fsp3) is 0.350. The summed E-state index contributed by atoms with van der Waals surface area (Å²) in [6, 6.07) is 7.24. The molecule has 2 aromatic heterocycles. The molecule has 3 aromatic rings. The van der Waals surface area contributed by atoms with Crippen LogP contribution in [0.2, 0.25) is 10.0 Å². The van der Waals surface area contributed by atoms with E-state index in [1.165, 1.54) is 6.33 Å². The van der Waals surface area contributed by atoms with E-state index in [1.54, 1.807) is 18.2 Å².